The molecular formula is C22H23NO5. The number of carboxylic acid groups (broad SMARTS) is 1. The second kappa shape index (κ2) is 8.17. The molecule has 0 bridgehead atoms. The molecule has 146 valence electrons. The van der Waals surface area contributed by atoms with Gasteiger partial charge in [-0.2, -0.15) is 0 Å². The van der Waals surface area contributed by atoms with Crippen molar-refractivity contribution in [3.63, 3.8) is 0 Å². The molecule has 0 saturated carbocycles. The van der Waals surface area contributed by atoms with Crippen LogP contribution in [0.4, 0.5) is 0 Å². The van der Waals surface area contributed by atoms with Crippen LogP contribution in [-0.2, 0) is 4.79 Å². The molecule has 2 aromatic carbocycles. The van der Waals surface area contributed by atoms with Gasteiger partial charge < -0.3 is 19.4 Å². The summed E-state index contributed by atoms with van der Waals surface area (Å²) in [6, 6.07) is 12.9. The highest BCUT2D eigenvalue weighted by atomic mass is 16.5. The minimum atomic E-state index is -0.978. The molecule has 28 heavy (non-hydrogen) atoms. The lowest BCUT2D eigenvalue weighted by Crippen LogP contribution is -2.23. The zero-order valence-corrected chi connectivity index (χ0v) is 16.0. The number of methoxy groups -OCH3 is 1. The van der Waals surface area contributed by atoms with Gasteiger partial charge in [0.2, 0.25) is 0 Å². The number of hydrogen-bond donors (Lipinski definition) is 2. The summed E-state index contributed by atoms with van der Waals surface area (Å²) in [5.41, 5.74) is 1.32. The van der Waals surface area contributed by atoms with E-state index in [9.17, 15) is 15.0 Å². The predicted molar refractivity (Wildman–Crippen MR) is 106 cm³/mol. The number of phenols is 1. The molecule has 3 aromatic rings. The fourth-order valence-corrected chi connectivity index (χ4v) is 2.98. The largest absolute Gasteiger partial charge is 0.508 e. The van der Waals surface area contributed by atoms with Crippen LogP contribution in [0.5, 0.6) is 11.5 Å². The molecule has 0 fully saturated rings. The number of rotatable bonds is 6. The van der Waals surface area contributed by atoms with Gasteiger partial charge in [-0.15, -0.1) is 0 Å². The van der Waals surface area contributed by atoms with E-state index < -0.39 is 12.0 Å². The maximum atomic E-state index is 11.7. The summed E-state index contributed by atoms with van der Waals surface area (Å²) >= 11 is 0. The summed E-state index contributed by atoms with van der Waals surface area (Å²) in [6.07, 6.45) is 0.416. The fourth-order valence-electron chi connectivity index (χ4n) is 2.98. The van der Waals surface area contributed by atoms with Gasteiger partial charge in [0.1, 0.15) is 28.9 Å². The minimum Gasteiger partial charge on any atom is -0.508 e. The summed E-state index contributed by atoms with van der Waals surface area (Å²) in [4.78, 5) is 16.2. The lowest BCUT2D eigenvalue weighted by Gasteiger charge is -2.11. The molecule has 1 heterocycles. The van der Waals surface area contributed by atoms with E-state index >= 15 is 0 Å². The third-order valence-electron chi connectivity index (χ3n) is 4.38. The van der Waals surface area contributed by atoms with Crippen molar-refractivity contribution in [2.45, 2.75) is 26.3 Å². The van der Waals surface area contributed by atoms with E-state index in [-0.39, 0.29) is 11.7 Å². The van der Waals surface area contributed by atoms with Crippen molar-refractivity contribution in [1.82, 2.24) is 0 Å². The van der Waals surface area contributed by atoms with Gasteiger partial charge >= 0.3 is 5.97 Å². The summed E-state index contributed by atoms with van der Waals surface area (Å²) in [5, 5.41) is 20.5. The smallest absolute Gasteiger partial charge is 0.328 e. The van der Waals surface area contributed by atoms with Crippen LogP contribution < -0.4 is 10.1 Å². The van der Waals surface area contributed by atoms with E-state index in [1.165, 1.54) is 12.1 Å². The Hall–Kier alpha value is -3.28. The zero-order chi connectivity index (χ0) is 20.3. The quantitative estimate of drug-likeness (QED) is 0.667. The molecule has 1 aromatic heterocycles. The number of carboxylic acids is 1. The molecule has 0 aliphatic carbocycles. The van der Waals surface area contributed by atoms with Gasteiger partial charge in [-0.3, -0.25) is 4.99 Å². The Labute approximate surface area is 162 Å². The topological polar surface area (TPSA) is 92.3 Å². The SMILES string of the molecule is COc1ccc(-c2cc(=NC(CC(C)C)C(=O)O)c3cc(O)ccc3o2)cc1. The molecule has 1 unspecified atom stereocenters. The summed E-state index contributed by atoms with van der Waals surface area (Å²) in [7, 11) is 1.60. The van der Waals surface area contributed by atoms with Gasteiger partial charge in [0.05, 0.1) is 12.5 Å². The Balaban J connectivity index is 2.22. The summed E-state index contributed by atoms with van der Waals surface area (Å²) in [5.74, 6) is 0.537. The van der Waals surface area contributed by atoms with E-state index in [1.54, 1.807) is 19.2 Å². The Morgan fingerprint density at radius 3 is 2.46 bits per heavy atom. The van der Waals surface area contributed by atoms with Crippen LogP contribution in [0.25, 0.3) is 22.3 Å². The third-order valence-corrected chi connectivity index (χ3v) is 4.38. The minimum absolute atomic E-state index is 0.0621. The number of fused-ring (bicyclic) bond motifs is 1. The summed E-state index contributed by atoms with van der Waals surface area (Å²) < 4.78 is 11.2. The lowest BCUT2D eigenvalue weighted by atomic mass is 10.0. The molecule has 0 amide bonds. The summed E-state index contributed by atoms with van der Waals surface area (Å²) in [6.45, 7) is 3.91. The van der Waals surface area contributed by atoms with Crippen molar-refractivity contribution in [2.75, 3.05) is 7.11 Å². The fraction of sp³-hybridized carbons (Fsp3) is 0.273. The molecular weight excluding hydrogens is 358 g/mol. The van der Waals surface area contributed by atoms with Gasteiger partial charge in [-0.05, 0) is 54.8 Å². The van der Waals surface area contributed by atoms with E-state index in [0.29, 0.717) is 28.5 Å². The first-order valence-corrected chi connectivity index (χ1v) is 9.05. The zero-order valence-electron chi connectivity index (χ0n) is 16.0. The van der Waals surface area contributed by atoms with Gasteiger partial charge in [0, 0.05) is 17.0 Å². The van der Waals surface area contributed by atoms with Crippen LogP contribution >= 0.6 is 0 Å². The van der Waals surface area contributed by atoms with Crippen LogP contribution in [0, 0.1) is 5.92 Å². The first-order chi connectivity index (χ1) is 13.4. The van der Waals surface area contributed by atoms with Crippen LogP contribution in [0.2, 0.25) is 0 Å². The molecule has 6 heteroatoms. The Morgan fingerprint density at radius 1 is 1.14 bits per heavy atom. The van der Waals surface area contributed by atoms with Gasteiger partial charge in [0.25, 0.3) is 0 Å². The van der Waals surface area contributed by atoms with Crippen LogP contribution in [-0.4, -0.2) is 29.3 Å². The number of phenolic OH excluding ortho intramolecular Hbond substituents is 1. The molecule has 0 spiro atoms. The normalized spacial score (nSPS) is 13.1. The highest BCUT2D eigenvalue weighted by Crippen LogP contribution is 2.26. The first-order valence-electron chi connectivity index (χ1n) is 9.05. The Kier molecular flexibility index (Phi) is 5.68. The molecule has 0 aliphatic rings. The third kappa shape index (κ3) is 4.34. The van der Waals surface area contributed by atoms with Gasteiger partial charge in [0.15, 0.2) is 0 Å². The molecule has 3 rings (SSSR count). The van der Waals surface area contributed by atoms with Crippen LogP contribution in [0.15, 0.2) is 57.9 Å². The average molecular weight is 381 g/mol. The maximum absolute atomic E-state index is 11.7. The van der Waals surface area contributed by atoms with Gasteiger partial charge in [-0.25, -0.2) is 4.79 Å². The first kappa shape index (κ1) is 19.5. The van der Waals surface area contributed by atoms with Crippen molar-refractivity contribution in [1.29, 1.82) is 0 Å². The van der Waals surface area contributed by atoms with E-state index in [4.69, 9.17) is 9.15 Å². The standard InChI is InChI=1S/C22H23NO5/c1-13(2)10-19(22(25)26)23-18-12-21(14-4-7-16(27-3)8-5-14)28-20-9-6-15(24)11-17(18)20/h4-9,11-13,19,24H,10H2,1-3H3,(H,25,26). The number of aliphatic carboxylic acids is 1. The van der Waals surface area contributed by atoms with E-state index in [1.807, 2.05) is 38.1 Å². The second-order valence-corrected chi connectivity index (χ2v) is 7.02. The van der Waals surface area contributed by atoms with Crippen LogP contribution in [0.3, 0.4) is 0 Å². The van der Waals surface area contributed by atoms with Gasteiger partial charge in [-0.1, -0.05) is 13.8 Å². The van der Waals surface area contributed by atoms with Crippen molar-refractivity contribution >= 4 is 16.9 Å². The Morgan fingerprint density at radius 2 is 1.86 bits per heavy atom. The molecule has 1 atom stereocenters. The molecule has 0 saturated heterocycles. The maximum Gasteiger partial charge on any atom is 0.328 e. The highest BCUT2D eigenvalue weighted by molar-refractivity contribution is 5.80. The monoisotopic (exact) mass is 381 g/mol. The number of hydrogen-bond acceptors (Lipinski definition) is 5. The predicted octanol–water partition coefficient (Wildman–Crippen LogP) is 4.21. The number of aromatic hydroxyl groups is 1. The average Bonchev–Trinajstić information content (AvgIpc) is 2.67. The van der Waals surface area contributed by atoms with E-state index in [0.717, 1.165) is 11.3 Å². The van der Waals surface area contributed by atoms with E-state index in [2.05, 4.69) is 4.99 Å². The second-order valence-electron chi connectivity index (χ2n) is 7.02. The van der Waals surface area contributed by atoms with Crippen molar-refractivity contribution < 1.29 is 24.2 Å². The van der Waals surface area contributed by atoms with Crippen molar-refractivity contribution in [3.8, 4) is 22.8 Å². The lowest BCUT2D eigenvalue weighted by molar-refractivity contribution is -0.138. The van der Waals surface area contributed by atoms with Crippen LogP contribution in [0.1, 0.15) is 20.3 Å². The molecule has 2 N–H and O–H groups in total. The highest BCUT2D eigenvalue weighted by Gasteiger charge is 2.18. The Bertz CT molecular complexity index is 1050. The number of nitrogens with zero attached hydrogens (tertiary/aromatic N) is 1. The molecule has 0 aliphatic heterocycles. The number of ether oxygens (including phenoxy) is 1. The van der Waals surface area contributed by atoms with Crippen molar-refractivity contribution in [3.05, 3.63) is 53.9 Å². The molecule has 6 nitrogen and oxygen atoms in total. The van der Waals surface area contributed by atoms with Crippen molar-refractivity contribution in [2.24, 2.45) is 10.9 Å². The number of carbonyl (C=O) groups is 1. The number of benzene rings is 2. The molecule has 0 radical (unpaired) electrons.